The third kappa shape index (κ3) is 2.27. The molecule has 4 heteroatoms. The van der Waals surface area contributed by atoms with Crippen molar-refractivity contribution in [3.8, 4) is 11.5 Å². The van der Waals surface area contributed by atoms with Gasteiger partial charge in [0.25, 0.3) is 0 Å². The summed E-state index contributed by atoms with van der Waals surface area (Å²) in [5.74, 6) is 0.0928. The Bertz CT molecular complexity index is 612. The Morgan fingerprint density at radius 3 is 2.79 bits per heavy atom. The van der Waals surface area contributed by atoms with Crippen LogP contribution in [0.1, 0.15) is 29.8 Å². The summed E-state index contributed by atoms with van der Waals surface area (Å²) in [5.41, 5.74) is 1.35. The van der Waals surface area contributed by atoms with Gasteiger partial charge in [-0.1, -0.05) is 12.1 Å². The van der Waals surface area contributed by atoms with Crippen molar-refractivity contribution in [2.75, 3.05) is 0 Å². The van der Waals surface area contributed by atoms with Gasteiger partial charge in [0.15, 0.2) is 0 Å². The van der Waals surface area contributed by atoms with E-state index in [-0.39, 0.29) is 5.75 Å². The summed E-state index contributed by atoms with van der Waals surface area (Å²) in [4.78, 5) is 0. The highest BCUT2D eigenvalue weighted by Gasteiger charge is 2.28. The number of phenols is 1. The lowest BCUT2D eigenvalue weighted by molar-refractivity contribution is 0.0652. The maximum atomic E-state index is 13.2. The van der Waals surface area contributed by atoms with E-state index in [1.54, 1.807) is 24.3 Å². The van der Waals surface area contributed by atoms with E-state index in [2.05, 4.69) is 0 Å². The smallest absolute Gasteiger partial charge is 0.128 e. The molecular weight excluding hydrogens is 247 g/mol. The van der Waals surface area contributed by atoms with E-state index >= 15 is 0 Å². The van der Waals surface area contributed by atoms with E-state index in [0.29, 0.717) is 17.7 Å². The molecule has 1 heterocycles. The standard InChI is InChI=1S/C15H13FO3/c16-10-4-5-12-13(18)8-14(19-15(12)7-10)9-2-1-3-11(17)6-9/h1-7,13-14,17-18H,8H2. The van der Waals surface area contributed by atoms with Crippen molar-refractivity contribution in [2.45, 2.75) is 18.6 Å². The van der Waals surface area contributed by atoms with E-state index < -0.39 is 18.0 Å². The van der Waals surface area contributed by atoms with Gasteiger partial charge in [0.1, 0.15) is 23.4 Å². The van der Waals surface area contributed by atoms with Crippen LogP contribution in [0.4, 0.5) is 4.39 Å². The lowest BCUT2D eigenvalue weighted by Gasteiger charge is -2.30. The van der Waals surface area contributed by atoms with Crippen LogP contribution < -0.4 is 4.74 Å². The second kappa shape index (κ2) is 4.55. The normalized spacial score (nSPS) is 21.6. The minimum atomic E-state index is -0.698. The van der Waals surface area contributed by atoms with Crippen molar-refractivity contribution in [1.29, 1.82) is 0 Å². The number of halogens is 1. The van der Waals surface area contributed by atoms with E-state index in [4.69, 9.17) is 4.74 Å². The maximum Gasteiger partial charge on any atom is 0.128 e. The molecule has 2 aromatic carbocycles. The zero-order valence-electron chi connectivity index (χ0n) is 10.1. The number of hydrogen-bond acceptors (Lipinski definition) is 3. The Morgan fingerprint density at radius 2 is 2.00 bits per heavy atom. The summed E-state index contributed by atoms with van der Waals surface area (Å²) >= 11 is 0. The summed E-state index contributed by atoms with van der Waals surface area (Å²) in [7, 11) is 0. The number of aliphatic hydroxyl groups excluding tert-OH is 1. The number of aromatic hydroxyl groups is 1. The molecule has 19 heavy (non-hydrogen) atoms. The first kappa shape index (κ1) is 12.0. The lowest BCUT2D eigenvalue weighted by atomic mass is 9.95. The molecule has 0 aliphatic carbocycles. The van der Waals surface area contributed by atoms with Gasteiger partial charge in [-0.25, -0.2) is 4.39 Å². The summed E-state index contributed by atoms with van der Waals surface area (Å²) in [5, 5.41) is 19.6. The van der Waals surface area contributed by atoms with Gasteiger partial charge in [-0.05, 0) is 29.8 Å². The van der Waals surface area contributed by atoms with Crippen LogP contribution in [-0.4, -0.2) is 10.2 Å². The van der Waals surface area contributed by atoms with Crippen molar-refractivity contribution in [2.24, 2.45) is 0 Å². The maximum absolute atomic E-state index is 13.2. The summed E-state index contributed by atoms with van der Waals surface area (Å²) in [6, 6.07) is 10.8. The monoisotopic (exact) mass is 260 g/mol. The molecule has 0 saturated carbocycles. The second-order valence-corrected chi connectivity index (χ2v) is 4.64. The topological polar surface area (TPSA) is 49.7 Å². The molecule has 2 atom stereocenters. The van der Waals surface area contributed by atoms with Gasteiger partial charge in [-0.3, -0.25) is 0 Å². The van der Waals surface area contributed by atoms with Gasteiger partial charge in [0.2, 0.25) is 0 Å². The van der Waals surface area contributed by atoms with Crippen LogP contribution in [0.25, 0.3) is 0 Å². The molecule has 0 bridgehead atoms. The number of benzene rings is 2. The minimum absolute atomic E-state index is 0.139. The summed E-state index contributed by atoms with van der Waals surface area (Å²) in [6.45, 7) is 0. The Hall–Kier alpha value is -2.07. The van der Waals surface area contributed by atoms with Crippen molar-refractivity contribution >= 4 is 0 Å². The molecule has 3 rings (SSSR count). The van der Waals surface area contributed by atoms with Crippen molar-refractivity contribution in [3.63, 3.8) is 0 Å². The number of fused-ring (bicyclic) bond motifs is 1. The van der Waals surface area contributed by atoms with Crippen molar-refractivity contribution < 1.29 is 19.3 Å². The first-order valence-electron chi connectivity index (χ1n) is 6.06. The lowest BCUT2D eigenvalue weighted by Crippen LogP contribution is -2.19. The highest BCUT2D eigenvalue weighted by atomic mass is 19.1. The van der Waals surface area contributed by atoms with E-state index in [1.807, 2.05) is 0 Å². The van der Waals surface area contributed by atoms with Gasteiger partial charge in [-0.15, -0.1) is 0 Å². The Kier molecular flexibility index (Phi) is 2.87. The Morgan fingerprint density at radius 1 is 1.16 bits per heavy atom. The predicted octanol–water partition coefficient (Wildman–Crippen LogP) is 3.09. The molecule has 98 valence electrons. The molecule has 2 aromatic rings. The number of rotatable bonds is 1. The molecule has 0 saturated heterocycles. The summed E-state index contributed by atoms with van der Waals surface area (Å²) < 4.78 is 18.9. The largest absolute Gasteiger partial charge is 0.508 e. The van der Waals surface area contributed by atoms with Crippen LogP contribution in [0.2, 0.25) is 0 Å². The fourth-order valence-corrected chi connectivity index (χ4v) is 2.35. The number of phenolic OH excluding ortho intramolecular Hbond substituents is 1. The number of hydrogen-bond donors (Lipinski definition) is 2. The molecule has 3 nitrogen and oxygen atoms in total. The van der Waals surface area contributed by atoms with Crippen LogP contribution in [-0.2, 0) is 0 Å². The van der Waals surface area contributed by atoms with Crippen molar-refractivity contribution in [3.05, 3.63) is 59.4 Å². The third-order valence-electron chi connectivity index (χ3n) is 3.28. The molecular formula is C15H13FO3. The SMILES string of the molecule is Oc1cccc(C2CC(O)c3ccc(F)cc3O2)c1. The van der Waals surface area contributed by atoms with Crippen LogP contribution in [0.5, 0.6) is 11.5 Å². The molecule has 0 radical (unpaired) electrons. The number of ether oxygens (including phenoxy) is 1. The molecule has 0 fully saturated rings. The zero-order valence-corrected chi connectivity index (χ0v) is 10.1. The van der Waals surface area contributed by atoms with Crippen LogP contribution in [0.3, 0.4) is 0 Å². The van der Waals surface area contributed by atoms with Gasteiger partial charge in [0.05, 0.1) is 6.10 Å². The van der Waals surface area contributed by atoms with E-state index in [9.17, 15) is 14.6 Å². The Balaban J connectivity index is 1.96. The minimum Gasteiger partial charge on any atom is -0.508 e. The van der Waals surface area contributed by atoms with Gasteiger partial charge in [0, 0.05) is 18.1 Å². The molecule has 2 unspecified atom stereocenters. The highest BCUT2D eigenvalue weighted by Crippen LogP contribution is 2.41. The first-order valence-corrected chi connectivity index (χ1v) is 6.06. The third-order valence-corrected chi connectivity index (χ3v) is 3.28. The van der Waals surface area contributed by atoms with Gasteiger partial charge >= 0.3 is 0 Å². The Labute approximate surface area is 109 Å². The first-order chi connectivity index (χ1) is 9.13. The molecule has 0 spiro atoms. The molecule has 1 aliphatic heterocycles. The fraction of sp³-hybridized carbons (Fsp3) is 0.200. The molecule has 2 N–H and O–H groups in total. The quantitative estimate of drug-likeness (QED) is 0.828. The zero-order chi connectivity index (χ0) is 13.4. The van der Waals surface area contributed by atoms with Gasteiger partial charge < -0.3 is 14.9 Å². The number of aliphatic hydroxyl groups is 1. The van der Waals surface area contributed by atoms with E-state index in [0.717, 1.165) is 5.56 Å². The van der Waals surface area contributed by atoms with Crippen LogP contribution in [0, 0.1) is 5.82 Å². The highest BCUT2D eigenvalue weighted by molar-refractivity contribution is 5.39. The summed E-state index contributed by atoms with van der Waals surface area (Å²) in [6.07, 6.45) is -0.713. The average Bonchev–Trinajstić information content (AvgIpc) is 2.38. The van der Waals surface area contributed by atoms with E-state index in [1.165, 1.54) is 18.2 Å². The van der Waals surface area contributed by atoms with Crippen LogP contribution in [0.15, 0.2) is 42.5 Å². The van der Waals surface area contributed by atoms with Gasteiger partial charge in [-0.2, -0.15) is 0 Å². The predicted molar refractivity (Wildman–Crippen MR) is 67.5 cm³/mol. The average molecular weight is 260 g/mol. The van der Waals surface area contributed by atoms with Crippen molar-refractivity contribution in [1.82, 2.24) is 0 Å². The van der Waals surface area contributed by atoms with Crippen LogP contribution >= 0.6 is 0 Å². The molecule has 0 amide bonds. The molecule has 0 aromatic heterocycles. The fourth-order valence-electron chi connectivity index (χ4n) is 2.35. The second-order valence-electron chi connectivity index (χ2n) is 4.64. The molecule has 1 aliphatic rings.